The lowest BCUT2D eigenvalue weighted by Crippen LogP contribution is -2.26. The fraction of sp³-hybridized carbons (Fsp3) is 0.214. The summed E-state index contributed by atoms with van der Waals surface area (Å²) in [6.45, 7) is 1.69. The van der Waals surface area contributed by atoms with Crippen LogP contribution in [0.3, 0.4) is 0 Å². The van der Waals surface area contributed by atoms with Crippen molar-refractivity contribution in [2.24, 2.45) is 17.9 Å². The Morgan fingerprint density at radius 2 is 2.05 bits per heavy atom. The highest BCUT2D eigenvalue weighted by molar-refractivity contribution is 6.06. The molecule has 0 spiro atoms. The summed E-state index contributed by atoms with van der Waals surface area (Å²) in [6.07, 6.45) is -0.125. The fourth-order valence-corrected chi connectivity index (χ4v) is 2.45. The molecule has 0 radical (unpaired) electrons. The Bertz CT molecular complexity index is 746. The van der Waals surface area contributed by atoms with Crippen molar-refractivity contribution >= 4 is 28.6 Å². The van der Waals surface area contributed by atoms with Gasteiger partial charge in [-0.1, -0.05) is 18.2 Å². The van der Waals surface area contributed by atoms with Crippen molar-refractivity contribution in [2.75, 3.05) is 0 Å². The normalized spacial score (nSPS) is 11.6. The van der Waals surface area contributed by atoms with Crippen molar-refractivity contribution in [1.82, 2.24) is 9.99 Å². The van der Waals surface area contributed by atoms with Crippen molar-refractivity contribution in [3.8, 4) is 0 Å². The largest absolute Gasteiger partial charge is 0.481 e. The van der Waals surface area contributed by atoms with Crippen molar-refractivity contribution in [2.45, 2.75) is 13.3 Å². The second kappa shape index (κ2) is 5.66. The number of aryl methyl sites for hydroxylation is 1. The van der Waals surface area contributed by atoms with Gasteiger partial charge in [0.25, 0.3) is 0 Å². The minimum Gasteiger partial charge on any atom is -0.481 e. The zero-order chi connectivity index (χ0) is 15.6. The number of aromatic nitrogens is 1. The number of aliphatic carboxylic acids is 1. The van der Waals surface area contributed by atoms with Crippen molar-refractivity contribution < 1.29 is 14.7 Å². The topological polar surface area (TPSA) is 110 Å². The number of carbonyl (C=O) groups is 2. The van der Waals surface area contributed by atoms with Crippen LogP contribution < -0.4 is 11.2 Å². The quantitative estimate of drug-likeness (QED) is 0.580. The van der Waals surface area contributed by atoms with E-state index >= 15 is 0 Å². The molecule has 4 N–H and O–H groups in total. The second-order valence-corrected chi connectivity index (χ2v) is 4.65. The molecule has 0 atom stereocenters. The smallest absolute Gasteiger partial charge is 0.332 e. The number of hydrazone groups is 1. The first-order valence-electron chi connectivity index (χ1n) is 6.30. The lowest BCUT2D eigenvalue weighted by molar-refractivity contribution is -0.136. The number of carbonyl (C=O) groups excluding carboxylic acids is 1. The van der Waals surface area contributed by atoms with Gasteiger partial charge in [0.1, 0.15) is 0 Å². The molecule has 2 rings (SSSR count). The maximum Gasteiger partial charge on any atom is 0.332 e. The zero-order valence-corrected chi connectivity index (χ0v) is 11.8. The molecule has 0 aliphatic carbocycles. The van der Waals surface area contributed by atoms with Gasteiger partial charge >= 0.3 is 12.0 Å². The van der Waals surface area contributed by atoms with Gasteiger partial charge in [-0.2, -0.15) is 5.10 Å². The number of urea groups is 1. The van der Waals surface area contributed by atoms with Crippen LogP contribution in [0, 0.1) is 0 Å². The van der Waals surface area contributed by atoms with Crippen LogP contribution in [0.4, 0.5) is 4.79 Å². The maximum absolute atomic E-state index is 11.1. The van der Waals surface area contributed by atoms with Gasteiger partial charge in [0.2, 0.25) is 0 Å². The average molecular weight is 288 g/mol. The van der Waals surface area contributed by atoms with E-state index in [1.807, 2.05) is 35.9 Å². The molecule has 7 heteroatoms. The molecule has 7 nitrogen and oxygen atoms in total. The van der Waals surface area contributed by atoms with Crippen LogP contribution in [-0.2, 0) is 18.3 Å². The van der Waals surface area contributed by atoms with E-state index in [2.05, 4.69) is 10.5 Å². The summed E-state index contributed by atoms with van der Waals surface area (Å²) in [7, 11) is 1.83. The minimum absolute atomic E-state index is 0.125. The SMILES string of the molecule is CC(=NNC(N)=O)c1c(CC(=O)O)c2ccccc2n1C. The van der Waals surface area contributed by atoms with Crippen molar-refractivity contribution in [1.29, 1.82) is 0 Å². The lowest BCUT2D eigenvalue weighted by Gasteiger charge is -2.06. The molecule has 21 heavy (non-hydrogen) atoms. The number of nitrogens with one attached hydrogen (secondary N) is 1. The third-order valence-corrected chi connectivity index (χ3v) is 3.22. The van der Waals surface area contributed by atoms with Gasteiger partial charge in [-0.25, -0.2) is 10.2 Å². The van der Waals surface area contributed by atoms with Crippen LogP contribution in [0.1, 0.15) is 18.2 Å². The Hall–Kier alpha value is -2.83. The number of fused-ring (bicyclic) bond motifs is 1. The summed E-state index contributed by atoms with van der Waals surface area (Å²) in [5, 5.41) is 13.9. The van der Waals surface area contributed by atoms with Crippen molar-refractivity contribution in [3.63, 3.8) is 0 Å². The number of benzene rings is 1. The zero-order valence-electron chi connectivity index (χ0n) is 11.8. The molecule has 2 aromatic rings. The Morgan fingerprint density at radius 3 is 2.67 bits per heavy atom. The minimum atomic E-state index is -0.928. The van der Waals surface area contributed by atoms with Gasteiger partial charge in [0, 0.05) is 18.0 Å². The number of rotatable bonds is 4. The molecule has 0 fully saturated rings. The first kappa shape index (κ1) is 14.6. The predicted octanol–water partition coefficient (Wildman–Crippen LogP) is 1.20. The summed E-state index contributed by atoms with van der Waals surface area (Å²) in [5.41, 5.74) is 9.86. The first-order chi connectivity index (χ1) is 9.91. The van der Waals surface area contributed by atoms with Gasteiger partial charge in [-0.3, -0.25) is 4.79 Å². The van der Waals surface area contributed by atoms with Gasteiger partial charge in [0.15, 0.2) is 0 Å². The summed E-state index contributed by atoms with van der Waals surface area (Å²) in [4.78, 5) is 21.9. The van der Waals surface area contributed by atoms with Gasteiger partial charge < -0.3 is 15.4 Å². The summed E-state index contributed by atoms with van der Waals surface area (Å²) in [5.74, 6) is -0.928. The highest BCUT2D eigenvalue weighted by Gasteiger charge is 2.19. The molecule has 1 aromatic heterocycles. The number of nitrogens with two attached hydrogens (primary N) is 1. The summed E-state index contributed by atoms with van der Waals surface area (Å²) in [6, 6.07) is 6.73. The van der Waals surface area contributed by atoms with Crippen LogP contribution in [0.5, 0.6) is 0 Å². The van der Waals surface area contributed by atoms with Gasteiger partial charge in [-0.05, 0) is 18.6 Å². The first-order valence-corrected chi connectivity index (χ1v) is 6.30. The Balaban J connectivity index is 2.65. The second-order valence-electron chi connectivity index (χ2n) is 4.65. The number of carboxylic acid groups (broad SMARTS) is 1. The molecule has 0 saturated carbocycles. The molecular weight excluding hydrogens is 272 g/mol. The van der Waals surface area contributed by atoms with Gasteiger partial charge in [0.05, 0.1) is 17.8 Å². The predicted molar refractivity (Wildman–Crippen MR) is 79.2 cm³/mol. The highest BCUT2D eigenvalue weighted by Crippen LogP contribution is 2.26. The highest BCUT2D eigenvalue weighted by atomic mass is 16.4. The molecule has 0 unspecified atom stereocenters. The molecule has 0 aliphatic heterocycles. The average Bonchev–Trinajstić information content (AvgIpc) is 2.69. The van der Waals surface area contributed by atoms with E-state index in [4.69, 9.17) is 10.8 Å². The summed E-state index contributed by atoms with van der Waals surface area (Å²) < 4.78 is 1.86. The van der Waals surface area contributed by atoms with E-state index in [0.29, 0.717) is 17.0 Å². The van der Waals surface area contributed by atoms with Crippen LogP contribution in [0.2, 0.25) is 0 Å². The molecule has 110 valence electrons. The number of amides is 2. The number of nitrogens with zero attached hydrogens (tertiary/aromatic N) is 2. The summed E-state index contributed by atoms with van der Waals surface area (Å²) >= 11 is 0. The molecule has 0 saturated heterocycles. The van der Waals surface area contributed by atoms with E-state index in [-0.39, 0.29) is 6.42 Å². The third-order valence-electron chi connectivity index (χ3n) is 3.22. The van der Waals surface area contributed by atoms with E-state index in [9.17, 15) is 9.59 Å². The van der Waals surface area contributed by atoms with Crippen LogP contribution in [-0.4, -0.2) is 27.4 Å². The molecule has 2 amide bonds. The van der Waals surface area contributed by atoms with Crippen LogP contribution >= 0.6 is 0 Å². The molecular formula is C14H16N4O3. The number of carboxylic acids is 1. The maximum atomic E-state index is 11.1. The third kappa shape index (κ3) is 2.86. The molecule has 0 bridgehead atoms. The number of primary amides is 1. The van der Waals surface area contributed by atoms with E-state index in [0.717, 1.165) is 10.9 Å². The van der Waals surface area contributed by atoms with Crippen molar-refractivity contribution in [3.05, 3.63) is 35.5 Å². The fourth-order valence-electron chi connectivity index (χ4n) is 2.45. The number of para-hydroxylation sites is 1. The number of hydrogen-bond acceptors (Lipinski definition) is 3. The van der Waals surface area contributed by atoms with Crippen LogP contribution in [0.25, 0.3) is 10.9 Å². The van der Waals surface area contributed by atoms with E-state index < -0.39 is 12.0 Å². The van der Waals surface area contributed by atoms with Gasteiger partial charge in [-0.15, -0.1) is 0 Å². The monoisotopic (exact) mass is 288 g/mol. The van der Waals surface area contributed by atoms with Crippen LogP contribution in [0.15, 0.2) is 29.4 Å². The Labute approximate surface area is 121 Å². The molecule has 1 aromatic carbocycles. The Kier molecular flexibility index (Phi) is 3.93. The van der Waals surface area contributed by atoms with E-state index in [1.165, 1.54) is 0 Å². The van der Waals surface area contributed by atoms with E-state index in [1.54, 1.807) is 6.92 Å². The molecule has 1 heterocycles. The Morgan fingerprint density at radius 1 is 1.38 bits per heavy atom. The number of hydrogen-bond donors (Lipinski definition) is 3. The molecule has 0 aliphatic rings. The lowest BCUT2D eigenvalue weighted by atomic mass is 10.1. The standard InChI is InChI=1S/C14H16N4O3/c1-8(16-17-14(15)21)13-10(7-12(19)20)9-5-3-4-6-11(9)18(13)2/h3-6H,7H2,1-2H3,(H,19,20)(H3,15,17,21).